The molecule has 0 aromatic heterocycles. The van der Waals surface area contributed by atoms with Gasteiger partial charge in [0, 0.05) is 66.3 Å². The predicted octanol–water partition coefficient (Wildman–Crippen LogP) is 15.5. The highest BCUT2D eigenvalue weighted by Crippen LogP contribution is 2.35. The molecule has 0 radical (unpaired) electrons. The molecule has 7 heteroatoms. The lowest BCUT2D eigenvalue weighted by Crippen LogP contribution is -2.00. The fourth-order valence-corrected chi connectivity index (χ4v) is 9.93. The van der Waals surface area contributed by atoms with Gasteiger partial charge in [0.1, 0.15) is 0 Å². The Balaban J connectivity index is 0.812. The second-order valence-corrected chi connectivity index (χ2v) is 19.2. The maximum atomic E-state index is 13.4. The molecule has 8 aromatic rings. The van der Waals surface area contributed by atoms with Gasteiger partial charge >= 0.3 is 0 Å². The quantitative estimate of drug-likeness (QED) is 0.0796. The minimum Gasteiger partial charge on any atom is -0.289 e. The number of hydrogen-bond donors (Lipinski definition) is 0. The van der Waals surface area contributed by atoms with E-state index in [4.69, 9.17) is 0 Å². The van der Waals surface area contributed by atoms with Gasteiger partial charge in [-0.2, -0.15) is 0 Å². The molecule has 0 saturated heterocycles. The Bertz CT molecular complexity index is 2660. The minimum atomic E-state index is 0.0158. The molecule has 0 N–H and O–H groups in total. The highest BCUT2D eigenvalue weighted by Gasteiger charge is 2.12. The van der Waals surface area contributed by atoms with Crippen LogP contribution >= 0.6 is 58.8 Å². The molecule has 0 aliphatic heterocycles. The molecule has 0 saturated carbocycles. The highest BCUT2D eigenvalue weighted by molar-refractivity contribution is 8.00. The summed E-state index contributed by atoms with van der Waals surface area (Å²) in [7, 11) is 0. The van der Waals surface area contributed by atoms with Crippen LogP contribution in [0, 0.1) is 6.92 Å². The van der Waals surface area contributed by atoms with Crippen LogP contribution in [0.4, 0.5) is 0 Å². The van der Waals surface area contributed by atoms with Crippen LogP contribution in [0.25, 0.3) is 11.1 Å². The Morgan fingerprint density at radius 3 is 0.746 bits per heavy atom. The number of benzene rings is 8. The SMILES string of the molecule is CSc1ccc(Sc2ccc(Sc3ccc(C(=O)c4ccc(Sc5ccc(-c6ccc(Sc7ccc(C(=O)c8ccc(C)cc8)cc7)cc6)cc5)cc4)cc3)cc2)cc1. The number of carbonyl (C=O) groups excluding carboxylic acids is 2. The Labute approximate surface area is 367 Å². The van der Waals surface area contributed by atoms with Crippen molar-refractivity contribution >= 4 is 70.4 Å². The lowest BCUT2D eigenvalue weighted by atomic mass is 10.0. The third-order valence-electron chi connectivity index (χ3n) is 9.53. The number of hydrogen-bond acceptors (Lipinski definition) is 7. The molecule has 0 aliphatic rings. The Hall–Kier alpha value is -5.15. The third-order valence-corrected chi connectivity index (χ3v) is 14.3. The molecule has 8 rings (SSSR count). The van der Waals surface area contributed by atoms with Crippen LogP contribution < -0.4 is 0 Å². The van der Waals surface area contributed by atoms with E-state index in [0.29, 0.717) is 22.3 Å². The van der Waals surface area contributed by atoms with Gasteiger partial charge in [-0.3, -0.25) is 9.59 Å². The van der Waals surface area contributed by atoms with Crippen molar-refractivity contribution in [2.45, 2.75) is 51.0 Å². The second kappa shape index (κ2) is 19.3. The van der Waals surface area contributed by atoms with E-state index in [2.05, 4.69) is 103 Å². The maximum absolute atomic E-state index is 13.4. The number of carbonyl (C=O) groups is 2. The summed E-state index contributed by atoms with van der Waals surface area (Å²) in [6.45, 7) is 2.02. The predicted molar refractivity (Wildman–Crippen MR) is 250 cm³/mol. The van der Waals surface area contributed by atoms with Crippen molar-refractivity contribution < 1.29 is 9.59 Å². The van der Waals surface area contributed by atoms with Gasteiger partial charge in [0.2, 0.25) is 0 Å². The molecule has 0 spiro atoms. The van der Waals surface area contributed by atoms with Crippen molar-refractivity contribution in [3.05, 3.63) is 222 Å². The molecule has 0 fully saturated rings. The Morgan fingerprint density at radius 2 is 0.492 bits per heavy atom. The van der Waals surface area contributed by atoms with Crippen LogP contribution in [-0.2, 0) is 0 Å². The fourth-order valence-electron chi connectivity index (χ4n) is 6.26. The average Bonchev–Trinajstić information content (AvgIpc) is 3.28. The molecule has 2 nitrogen and oxygen atoms in total. The minimum absolute atomic E-state index is 0.0158. The summed E-state index contributed by atoms with van der Waals surface area (Å²) in [5.41, 5.74) is 6.18. The van der Waals surface area contributed by atoms with E-state index in [9.17, 15) is 9.59 Å². The lowest BCUT2D eigenvalue weighted by molar-refractivity contribution is 0.103. The Kier molecular flexibility index (Phi) is 13.3. The van der Waals surface area contributed by atoms with Crippen LogP contribution in [0.15, 0.2) is 238 Å². The van der Waals surface area contributed by atoms with Crippen LogP contribution in [0.2, 0.25) is 0 Å². The summed E-state index contributed by atoms with van der Waals surface area (Å²) >= 11 is 8.56. The van der Waals surface area contributed by atoms with Crippen LogP contribution in [0.5, 0.6) is 0 Å². The van der Waals surface area contributed by atoms with Crippen molar-refractivity contribution in [2.24, 2.45) is 0 Å². The van der Waals surface area contributed by atoms with Crippen LogP contribution in [-0.4, -0.2) is 17.8 Å². The molecule has 0 bridgehead atoms. The molecule has 0 heterocycles. The summed E-state index contributed by atoms with van der Waals surface area (Å²) in [6, 6.07) is 65.7. The summed E-state index contributed by atoms with van der Waals surface area (Å²) < 4.78 is 0. The first-order chi connectivity index (χ1) is 28.8. The van der Waals surface area contributed by atoms with Gasteiger partial charge in [-0.05, 0) is 170 Å². The number of thioether (sulfide) groups is 1. The third kappa shape index (κ3) is 10.7. The zero-order valence-corrected chi connectivity index (χ0v) is 36.4. The van der Waals surface area contributed by atoms with Crippen molar-refractivity contribution in [2.75, 3.05) is 6.26 Å². The van der Waals surface area contributed by atoms with E-state index in [0.717, 1.165) is 46.1 Å². The molecule has 0 amide bonds. The topological polar surface area (TPSA) is 34.1 Å². The van der Waals surface area contributed by atoms with Gasteiger partial charge in [-0.15, -0.1) is 11.8 Å². The van der Waals surface area contributed by atoms with Crippen LogP contribution in [0.3, 0.4) is 0 Å². The first-order valence-electron chi connectivity index (χ1n) is 19.0. The lowest BCUT2D eigenvalue weighted by Gasteiger charge is -2.08. The Morgan fingerprint density at radius 1 is 0.288 bits per heavy atom. The van der Waals surface area contributed by atoms with Gasteiger partial charge in [0.25, 0.3) is 0 Å². The van der Waals surface area contributed by atoms with Gasteiger partial charge in [0.15, 0.2) is 11.6 Å². The zero-order chi connectivity index (χ0) is 40.6. The number of aryl methyl sites for hydroxylation is 1. The van der Waals surface area contributed by atoms with Gasteiger partial charge in [0.05, 0.1) is 0 Å². The van der Waals surface area contributed by atoms with Gasteiger partial charge < -0.3 is 0 Å². The summed E-state index contributed by atoms with van der Waals surface area (Å²) in [5.74, 6) is 0.0529. The molecule has 0 unspecified atom stereocenters. The smallest absolute Gasteiger partial charge is 0.193 e. The molecular formula is C52H38O2S5. The first-order valence-corrected chi connectivity index (χ1v) is 23.5. The maximum Gasteiger partial charge on any atom is 0.193 e. The van der Waals surface area contributed by atoms with E-state index in [1.165, 1.54) is 14.7 Å². The summed E-state index contributed by atoms with van der Waals surface area (Å²) in [6.07, 6.45) is 2.09. The molecule has 8 aromatic carbocycles. The fraction of sp³-hybridized carbons (Fsp3) is 0.0385. The molecule has 59 heavy (non-hydrogen) atoms. The van der Waals surface area contributed by atoms with Crippen molar-refractivity contribution in [3.63, 3.8) is 0 Å². The van der Waals surface area contributed by atoms with E-state index >= 15 is 0 Å². The number of ketones is 2. The summed E-state index contributed by atoms with van der Waals surface area (Å²) in [5, 5.41) is 0. The van der Waals surface area contributed by atoms with Crippen LogP contribution in [0.1, 0.15) is 37.4 Å². The molecular weight excluding hydrogens is 817 g/mol. The first kappa shape index (κ1) is 40.6. The molecule has 0 atom stereocenters. The average molecular weight is 855 g/mol. The van der Waals surface area contributed by atoms with Crippen molar-refractivity contribution in [1.82, 2.24) is 0 Å². The van der Waals surface area contributed by atoms with E-state index < -0.39 is 0 Å². The second-order valence-electron chi connectivity index (χ2n) is 13.7. The van der Waals surface area contributed by atoms with E-state index in [1.807, 2.05) is 104 Å². The largest absolute Gasteiger partial charge is 0.289 e. The van der Waals surface area contributed by atoms with E-state index in [1.54, 1.807) is 58.8 Å². The normalized spacial score (nSPS) is 11.0. The molecule has 0 aliphatic carbocycles. The van der Waals surface area contributed by atoms with Crippen molar-refractivity contribution in [3.8, 4) is 11.1 Å². The zero-order valence-electron chi connectivity index (χ0n) is 32.3. The standard InChI is InChI=1S/C52H38O2S5/c1-35-3-5-38(6-4-35)51(53)39-11-21-45(22-12-39)56-43-17-7-36(8-18-43)37-9-19-44(20-10-37)57-46-23-13-40(14-24-46)52(54)41-15-25-47(26-16-41)58-49-31-33-50(34-32-49)59-48-29-27-42(55-2)28-30-48/h3-34H,1-2H3. The van der Waals surface area contributed by atoms with E-state index in [-0.39, 0.29) is 11.6 Å². The highest BCUT2D eigenvalue weighted by atomic mass is 32.2. The monoisotopic (exact) mass is 854 g/mol. The van der Waals surface area contributed by atoms with Crippen molar-refractivity contribution in [1.29, 1.82) is 0 Å². The summed E-state index contributed by atoms with van der Waals surface area (Å²) in [4.78, 5) is 36.6. The molecule has 288 valence electrons. The van der Waals surface area contributed by atoms with Gasteiger partial charge in [-0.1, -0.05) is 101 Å². The van der Waals surface area contributed by atoms with Gasteiger partial charge in [-0.25, -0.2) is 0 Å². The number of rotatable bonds is 14.